The van der Waals surface area contributed by atoms with Gasteiger partial charge in [0, 0.05) is 36.1 Å². The van der Waals surface area contributed by atoms with Crippen molar-refractivity contribution >= 4 is 34.7 Å². The Morgan fingerprint density at radius 1 is 1.11 bits per heavy atom. The molecule has 0 bridgehead atoms. The number of carbonyl (C=O) groups excluding carboxylic acids is 1. The highest BCUT2D eigenvalue weighted by Crippen LogP contribution is 2.33. The van der Waals surface area contributed by atoms with E-state index >= 15 is 0 Å². The summed E-state index contributed by atoms with van der Waals surface area (Å²) in [6, 6.07) is 7.15. The number of amides is 2. The van der Waals surface area contributed by atoms with Crippen molar-refractivity contribution in [3.8, 4) is 0 Å². The molecule has 0 radical (unpaired) electrons. The maximum atomic E-state index is 12.4. The lowest BCUT2D eigenvalue weighted by Crippen LogP contribution is -2.40. The number of aromatic nitrogens is 2. The third kappa shape index (κ3) is 4.79. The van der Waals surface area contributed by atoms with Crippen LogP contribution in [0, 0.1) is 5.92 Å². The Morgan fingerprint density at radius 3 is 2.52 bits per heavy atom. The molecule has 1 saturated heterocycles. The summed E-state index contributed by atoms with van der Waals surface area (Å²) in [5.74, 6) is 1.24. The molecule has 1 aromatic heterocycles. The van der Waals surface area contributed by atoms with Gasteiger partial charge in [-0.15, -0.1) is 21.5 Å². The second-order valence-corrected chi connectivity index (χ2v) is 9.12. The van der Waals surface area contributed by atoms with Crippen LogP contribution in [0.5, 0.6) is 0 Å². The van der Waals surface area contributed by atoms with Crippen LogP contribution in [0.1, 0.15) is 54.5 Å². The summed E-state index contributed by atoms with van der Waals surface area (Å²) in [7, 11) is 0. The second kappa shape index (κ2) is 8.57. The average molecular weight is 405 g/mol. The molecule has 1 aromatic carbocycles. The fraction of sp³-hybridized carbons (Fsp3) is 0.550. The van der Waals surface area contributed by atoms with Gasteiger partial charge in [0.1, 0.15) is 10.0 Å². The molecule has 1 aliphatic heterocycles. The number of benzene rings is 1. The zero-order valence-corrected chi connectivity index (χ0v) is 16.9. The van der Waals surface area contributed by atoms with E-state index in [2.05, 4.69) is 15.5 Å². The van der Waals surface area contributed by atoms with Gasteiger partial charge in [0.05, 0.1) is 0 Å². The molecular weight excluding hydrogens is 380 g/mol. The first-order valence-electron chi connectivity index (χ1n) is 9.81. The van der Waals surface area contributed by atoms with Crippen LogP contribution in [0.4, 0.5) is 10.5 Å². The third-order valence-electron chi connectivity index (χ3n) is 5.65. The van der Waals surface area contributed by atoms with E-state index in [9.17, 15) is 4.79 Å². The smallest absolute Gasteiger partial charge is 0.321 e. The Hall–Kier alpha value is -1.66. The highest BCUT2D eigenvalue weighted by atomic mass is 35.5. The van der Waals surface area contributed by atoms with Gasteiger partial charge in [-0.1, -0.05) is 37.3 Å². The van der Waals surface area contributed by atoms with Crippen LogP contribution < -0.4 is 5.32 Å². The van der Waals surface area contributed by atoms with Crippen molar-refractivity contribution in [3.05, 3.63) is 39.3 Å². The Kier molecular flexibility index (Phi) is 5.93. The van der Waals surface area contributed by atoms with Crippen LogP contribution in [0.3, 0.4) is 0 Å². The predicted molar refractivity (Wildman–Crippen MR) is 110 cm³/mol. The molecule has 144 valence electrons. The van der Waals surface area contributed by atoms with Crippen molar-refractivity contribution in [2.24, 2.45) is 5.92 Å². The van der Waals surface area contributed by atoms with Crippen LogP contribution in [0.25, 0.3) is 0 Å². The Morgan fingerprint density at radius 2 is 1.81 bits per heavy atom. The molecule has 1 N–H and O–H groups in total. The fourth-order valence-corrected chi connectivity index (χ4v) is 5.29. The van der Waals surface area contributed by atoms with Gasteiger partial charge in [-0.25, -0.2) is 4.79 Å². The van der Waals surface area contributed by atoms with E-state index in [1.165, 1.54) is 30.7 Å². The molecule has 1 aliphatic carbocycles. The van der Waals surface area contributed by atoms with Crippen LogP contribution >= 0.6 is 22.9 Å². The maximum absolute atomic E-state index is 12.4. The highest BCUT2D eigenvalue weighted by molar-refractivity contribution is 7.11. The number of piperidine rings is 1. The lowest BCUT2D eigenvalue weighted by molar-refractivity contribution is 0.194. The Labute approximate surface area is 169 Å². The fourth-order valence-electron chi connectivity index (χ4n) is 4.04. The Bertz CT molecular complexity index is 765. The van der Waals surface area contributed by atoms with Crippen molar-refractivity contribution in [2.45, 2.75) is 50.9 Å². The minimum Gasteiger partial charge on any atom is -0.324 e. The van der Waals surface area contributed by atoms with Crippen molar-refractivity contribution in [1.29, 1.82) is 0 Å². The van der Waals surface area contributed by atoms with E-state index in [4.69, 9.17) is 11.6 Å². The lowest BCUT2D eigenvalue weighted by Gasteiger charge is -2.31. The largest absolute Gasteiger partial charge is 0.324 e. The van der Waals surface area contributed by atoms with Gasteiger partial charge < -0.3 is 10.2 Å². The van der Waals surface area contributed by atoms with Gasteiger partial charge in [0.25, 0.3) is 0 Å². The molecule has 5 nitrogen and oxygen atoms in total. The summed E-state index contributed by atoms with van der Waals surface area (Å²) in [6.07, 6.45) is 8.42. The number of anilines is 1. The summed E-state index contributed by atoms with van der Waals surface area (Å²) in [5, 5.41) is 14.9. The first-order chi connectivity index (χ1) is 13.2. The molecule has 2 aliphatic rings. The molecule has 27 heavy (non-hydrogen) atoms. The maximum Gasteiger partial charge on any atom is 0.321 e. The van der Waals surface area contributed by atoms with Crippen molar-refractivity contribution in [1.82, 2.24) is 15.1 Å². The molecular formula is C20H25ClN4OS. The molecule has 0 spiro atoms. The molecule has 1 saturated carbocycles. The van der Waals surface area contributed by atoms with Gasteiger partial charge in [0.15, 0.2) is 0 Å². The topological polar surface area (TPSA) is 58.1 Å². The first-order valence-corrected chi connectivity index (χ1v) is 11.0. The number of likely N-dealkylation sites (tertiary alicyclic amines) is 1. The molecule has 2 amide bonds. The normalized spacial score (nSPS) is 18.8. The predicted octanol–water partition coefficient (Wildman–Crippen LogP) is 5.34. The number of nitrogens with one attached hydrogen (secondary N) is 1. The summed E-state index contributed by atoms with van der Waals surface area (Å²) in [6.45, 7) is 1.50. The summed E-state index contributed by atoms with van der Waals surface area (Å²) < 4.78 is 0. The second-order valence-electron chi connectivity index (χ2n) is 7.59. The minimum atomic E-state index is -0.0463. The van der Waals surface area contributed by atoms with Gasteiger partial charge >= 0.3 is 6.03 Å². The number of rotatable bonds is 4. The summed E-state index contributed by atoms with van der Waals surface area (Å²) in [5.41, 5.74) is 0.771. The van der Waals surface area contributed by atoms with E-state index < -0.39 is 0 Å². The summed E-state index contributed by atoms with van der Waals surface area (Å²) >= 11 is 7.67. The summed E-state index contributed by atoms with van der Waals surface area (Å²) in [4.78, 5) is 14.3. The zero-order valence-electron chi connectivity index (χ0n) is 15.4. The monoisotopic (exact) mass is 404 g/mol. The lowest BCUT2D eigenvalue weighted by atomic mass is 9.98. The Balaban J connectivity index is 1.27. The van der Waals surface area contributed by atoms with Gasteiger partial charge in [-0.05, 0) is 43.0 Å². The zero-order chi connectivity index (χ0) is 18.6. The van der Waals surface area contributed by atoms with Crippen LogP contribution in [0.2, 0.25) is 5.02 Å². The van der Waals surface area contributed by atoms with Gasteiger partial charge in [0.2, 0.25) is 0 Å². The quantitative estimate of drug-likeness (QED) is 0.748. The van der Waals surface area contributed by atoms with Crippen LogP contribution in [-0.2, 0) is 6.42 Å². The number of carbonyl (C=O) groups is 1. The average Bonchev–Trinajstić information content (AvgIpc) is 3.36. The van der Waals surface area contributed by atoms with Gasteiger partial charge in [-0.2, -0.15) is 0 Å². The first kappa shape index (κ1) is 18.7. The van der Waals surface area contributed by atoms with E-state index in [1.807, 2.05) is 17.0 Å². The number of halogens is 1. The van der Waals surface area contributed by atoms with Gasteiger partial charge in [-0.3, -0.25) is 0 Å². The molecule has 2 fully saturated rings. The molecule has 2 heterocycles. The van der Waals surface area contributed by atoms with Crippen molar-refractivity contribution in [3.63, 3.8) is 0 Å². The molecule has 4 rings (SSSR count). The molecule has 0 unspecified atom stereocenters. The SMILES string of the molecule is O=C(Nc1ccc(Cl)cc1)N1CCC(c2nnc(CC3CCCC3)s2)CC1. The van der Waals surface area contributed by atoms with Crippen molar-refractivity contribution in [2.75, 3.05) is 18.4 Å². The van der Waals surface area contributed by atoms with E-state index in [1.54, 1.807) is 23.5 Å². The van der Waals surface area contributed by atoms with Crippen LogP contribution in [-0.4, -0.2) is 34.2 Å². The molecule has 0 atom stereocenters. The van der Waals surface area contributed by atoms with Crippen molar-refractivity contribution < 1.29 is 4.79 Å². The number of nitrogens with zero attached hydrogens (tertiary/aromatic N) is 3. The minimum absolute atomic E-state index is 0.0463. The standard InChI is InChI=1S/C20H25ClN4OS/c21-16-5-7-17(8-6-16)22-20(26)25-11-9-15(10-12-25)19-24-23-18(27-19)13-14-3-1-2-4-14/h5-8,14-15H,1-4,9-13H2,(H,22,26). The third-order valence-corrected chi connectivity index (χ3v) is 7.01. The number of urea groups is 1. The highest BCUT2D eigenvalue weighted by Gasteiger charge is 2.27. The van der Waals surface area contributed by atoms with Crippen LogP contribution in [0.15, 0.2) is 24.3 Å². The van der Waals surface area contributed by atoms with E-state index in [0.29, 0.717) is 10.9 Å². The molecule has 7 heteroatoms. The molecule has 2 aromatic rings. The van der Waals surface area contributed by atoms with E-state index in [0.717, 1.165) is 49.0 Å². The number of hydrogen-bond acceptors (Lipinski definition) is 4. The van der Waals surface area contributed by atoms with E-state index in [-0.39, 0.29) is 6.03 Å². The number of hydrogen-bond donors (Lipinski definition) is 1.